The monoisotopic (exact) mass is 213 g/mol. The first-order chi connectivity index (χ1) is 6.98. The van der Waals surface area contributed by atoms with E-state index in [9.17, 15) is 0 Å². The third-order valence-corrected chi connectivity index (χ3v) is 3.66. The first kappa shape index (κ1) is 13.0. The maximum Gasteiger partial charge on any atom is 0.0655 e. The minimum atomic E-state index is 0.312. The van der Waals surface area contributed by atoms with Crippen LogP contribution in [0, 0.1) is 11.3 Å². The van der Waals surface area contributed by atoms with Crippen LogP contribution in [0.2, 0.25) is 0 Å². The van der Waals surface area contributed by atoms with Crippen LogP contribution in [0.1, 0.15) is 47.5 Å². The molecule has 2 unspecified atom stereocenters. The third-order valence-electron chi connectivity index (χ3n) is 3.66. The summed E-state index contributed by atoms with van der Waals surface area (Å²) in [6.07, 6.45) is 2.91. The molecular weight excluding hydrogens is 186 g/mol. The molecule has 0 spiro atoms. The molecule has 0 bridgehead atoms. The smallest absolute Gasteiger partial charge is 0.0655 e. The van der Waals surface area contributed by atoms with E-state index in [1.807, 2.05) is 0 Å². The molecule has 0 aromatic carbocycles. The summed E-state index contributed by atoms with van der Waals surface area (Å²) in [6, 6.07) is 0.646. The highest BCUT2D eigenvalue weighted by molar-refractivity contribution is 5.02. The Morgan fingerprint density at radius 1 is 1.40 bits per heavy atom. The summed E-state index contributed by atoms with van der Waals surface area (Å²) in [5.41, 5.74) is 0.312. The third kappa shape index (κ3) is 3.18. The zero-order valence-corrected chi connectivity index (χ0v) is 11.0. The summed E-state index contributed by atoms with van der Waals surface area (Å²) in [4.78, 5) is 0. The molecule has 2 atom stereocenters. The molecule has 1 rings (SSSR count). The largest absolute Gasteiger partial charge is 0.378 e. The van der Waals surface area contributed by atoms with Crippen LogP contribution < -0.4 is 5.32 Å². The lowest BCUT2D eigenvalue weighted by Gasteiger charge is -2.52. The van der Waals surface area contributed by atoms with Crippen molar-refractivity contribution in [3.8, 4) is 0 Å². The van der Waals surface area contributed by atoms with Crippen molar-refractivity contribution in [2.24, 2.45) is 11.3 Å². The number of ether oxygens (including phenoxy) is 1. The summed E-state index contributed by atoms with van der Waals surface area (Å²) in [6.45, 7) is 13.2. The number of hydrogen-bond donors (Lipinski definition) is 1. The Morgan fingerprint density at radius 3 is 2.53 bits per heavy atom. The molecule has 1 saturated carbocycles. The SMILES string of the molecule is CCOC1CC(NCCC(C)C)C1(C)C. The number of hydrogen-bond acceptors (Lipinski definition) is 2. The highest BCUT2D eigenvalue weighted by Crippen LogP contribution is 2.42. The van der Waals surface area contributed by atoms with Gasteiger partial charge in [-0.25, -0.2) is 0 Å². The minimum absolute atomic E-state index is 0.312. The first-order valence-electron chi connectivity index (χ1n) is 6.33. The lowest BCUT2D eigenvalue weighted by Crippen LogP contribution is -2.61. The van der Waals surface area contributed by atoms with Crippen LogP contribution in [0.4, 0.5) is 0 Å². The Hall–Kier alpha value is -0.0800. The molecule has 0 aromatic rings. The molecule has 0 saturated heterocycles. The first-order valence-corrected chi connectivity index (χ1v) is 6.33. The van der Waals surface area contributed by atoms with E-state index in [1.165, 1.54) is 12.8 Å². The lowest BCUT2D eigenvalue weighted by molar-refractivity contribution is -0.114. The highest BCUT2D eigenvalue weighted by Gasteiger charge is 2.48. The van der Waals surface area contributed by atoms with Crippen LogP contribution in [0.25, 0.3) is 0 Å². The fraction of sp³-hybridized carbons (Fsp3) is 1.00. The summed E-state index contributed by atoms with van der Waals surface area (Å²) in [5.74, 6) is 0.795. The van der Waals surface area contributed by atoms with Crippen LogP contribution in [0.3, 0.4) is 0 Å². The zero-order chi connectivity index (χ0) is 11.5. The Morgan fingerprint density at radius 2 is 2.07 bits per heavy atom. The van der Waals surface area contributed by atoms with Crippen molar-refractivity contribution in [2.75, 3.05) is 13.2 Å². The van der Waals surface area contributed by atoms with Gasteiger partial charge in [-0.2, -0.15) is 0 Å². The summed E-state index contributed by atoms with van der Waals surface area (Å²) < 4.78 is 5.71. The maximum atomic E-state index is 5.71. The molecule has 0 amide bonds. The molecule has 90 valence electrons. The van der Waals surface area contributed by atoms with E-state index < -0.39 is 0 Å². The van der Waals surface area contributed by atoms with Crippen molar-refractivity contribution >= 4 is 0 Å². The summed E-state index contributed by atoms with van der Waals surface area (Å²) in [7, 11) is 0. The van der Waals surface area contributed by atoms with Gasteiger partial charge in [-0.3, -0.25) is 0 Å². The zero-order valence-electron chi connectivity index (χ0n) is 11.0. The van der Waals surface area contributed by atoms with Gasteiger partial charge in [0.1, 0.15) is 0 Å². The second-order valence-corrected chi connectivity index (χ2v) is 5.69. The predicted octanol–water partition coefficient (Wildman–Crippen LogP) is 2.83. The van der Waals surface area contributed by atoms with Gasteiger partial charge in [0.15, 0.2) is 0 Å². The molecule has 2 heteroatoms. The lowest BCUT2D eigenvalue weighted by atomic mass is 9.64. The molecular formula is C13H27NO. The Labute approximate surface area is 94.8 Å². The average Bonchev–Trinajstić information content (AvgIpc) is 2.15. The van der Waals surface area contributed by atoms with E-state index >= 15 is 0 Å². The molecule has 0 heterocycles. The van der Waals surface area contributed by atoms with Gasteiger partial charge in [-0.15, -0.1) is 0 Å². The van der Waals surface area contributed by atoms with Crippen molar-refractivity contribution in [1.82, 2.24) is 5.32 Å². The van der Waals surface area contributed by atoms with Gasteiger partial charge >= 0.3 is 0 Å². The number of nitrogens with one attached hydrogen (secondary N) is 1. The van der Waals surface area contributed by atoms with Crippen LogP contribution >= 0.6 is 0 Å². The van der Waals surface area contributed by atoms with Gasteiger partial charge in [-0.05, 0) is 32.2 Å². The van der Waals surface area contributed by atoms with E-state index in [0.29, 0.717) is 17.6 Å². The molecule has 1 N–H and O–H groups in total. The molecule has 0 aliphatic heterocycles. The molecule has 1 aliphatic rings. The molecule has 1 aliphatic carbocycles. The van der Waals surface area contributed by atoms with Gasteiger partial charge in [0, 0.05) is 18.1 Å². The van der Waals surface area contributed by atoms with Gasteiger partial charge in [0.05, 0.1) is 6.10 Å². The summed E-state index contributed by atoms with van der Waals surface area (Å²) >= 11 is 0. The fourth-order valence-electron chi connectivity index (χ4n) is 2.26. The quantitative estimate of drug-likeness (QED) is 0.732. The molecule has 2 nitrogen and oxygen atoms in total. The Bertz CT molecular complexity index is 189. The van der Waals surface area contributed by atoms with Gasteiger partial charge in [0.25, 0.3) is 0 Å². The minimum Gasteiger partial charge on any atom is -0.378 e. The normalized spacial score (nSPS) is 29.2. The van der Waals surface area contributed by atoms with E-state index in [0.717, 1.165) is 19.1 Å². The van der Waals surface area contributed by atoms with Gasteiger partial charge in [-0.1, -0.05) is 27.7 Å². The van der Waals surface area contributed by atoms with E-state index in [1.54, 1.807) is 0 Å². The van der Waals surface area contributed by atoms with Crippen LogP contribution in [0.5, 0.6) is 0 Å². The predicted molar refractivity (Wildman–Crippen MR) is 65.1 cm³/mol. The summed E-state index contributed by atoms with van der Waals surface area (Å²) in [5, 5.41) is 3.65. The van der Waals surface area contributed by atoms with Crippen molar-refractivity contribution in [3.05, 3.63) is 0 Å². The van der Waals surface area contributed by atoms with Crippen LogP contribution in [-0.2, 0) is 4.74 Å². The van der Waals surface area contributed by atoms with Crippen molar-refractivity contribution < 1.29 is 4.74 Å². The van der Waals surface area contributed by atoms with Gasteiger partial charge < -0.3 is 10.1 Å². The van der Waals surface area contributed by atoms with Crippen LogP contribution in [-0.4, -0.2) is 25.3 Å². The van der Waals surface area contributed by atoms with E-state index in [4.69, 9.17) is 4.74 Å². The molecule has 1 fully saturated rings. The van der Waals surface area contributed by atoms with Crippen molar-refractivity contribution in [2.45, 2.75) is 59.6 Å². The second kappa shape index (κ2) is 5.31. The fourth-order valence-corrected chi connectivity index (χ4v) is 2.26. The van der Waals surface area contributed by atoms with Gasteiger partial charge in [0.2, 0.25) is 0 Å². The van der Waals surface area contributed by atoms with E-state index in [2.05, 4.69) is 39.9 Å². The topological polar surface area (TPSA) is 21.3 Å². The maximum absolute atomic E-state index is 5.71. The Kier molecular flexibility index (Phi) is 4.60. The molecule has 0 radical (unpaired) electrons. The van der Waals surface area contributed by atoms with Crippen LogP contribution in [0.15, 0.2) is 0 Å². The second-order valence-electron chi connectivity index (χ2n) is 5.69. The standard InChI is InChI=1S/C13H27NO/c1-6-15-12-9-11(13(12,4)5)14-8-7-10(2)3/h10-12,14H,6-9H2,1-5H3. The van der Waals surface area contributed by atoms with E-state index in [-0.39, 0.29) is 0 Å². The molecule has 0 aromatic heterocycles. The molecule has 15 heavy (non-hydrogen) atoms. The average molecular weight is 213 g/mol. The highest BCUT2D eigenvalue weighted by atomic mass is 16.5. The Balaban J connectivity index is 2.23. The van der Waals surface area contributed by atoms with Crippen molar-refractivity contribution in [3.63, 3.8) is 0 Å². The number of rotatable bonds is 6. The van der Waals surface area contributed by atoms with Crippen molar-refractivity contribution in [1.29, 1.82) is 0 Å².